The van der Waals surface area contributed by atoms with Crippen LogP contribution in [0, 0.1) is 17.3 Å². The van der Waals surface area contributed by atoms with Gasteiger partial charge in [0.1, 0.15) is 0 Å². The van der Waals surface area contributed by atoms with Crippen LogP contribution in [0.5, 0.6) is 0 Å². The molecule has 0 aliphatic heterocycles. The van der Waals surface area contributed by atoms with Crippen LogP contribution in [0.1, 0.15) is 79.1 Å². The lowest BCUT2D eigenvalue weighted by molar-refractivity contribution is 0.205. The molecule has 1 heteroatoms. The summed E-state index contributed by atoms with van der Waals surface area (Å²) in [6, 6.07) is 1.56. The van der Waals surface area contributed by atoms with E-state index in [4.69, 9.17) is 0 Å². The highest BCUT2D eigenvalue weighted by Crippen LogP contribution is 2.37. The fourth-order valence-electron chi connectivity index (χ4n) is 3.78. The van der Waals surface area contributed by atoms with E-state index in [0.29, 0.717) is 5.41 Å². The van der Waals surface area contributed by atoms with Crippen LogP contribution in [-0.4, -0.2) is 12.1 Å². The fourth-order valence-corrected chi connectivity index (χ4v) is 3.78. The van der Waals surface area contributed by atoms with Crippen molar-refractivity contribution in [2.24, 2.45) is 17.3 Å². The fraction of sp³-hybridized carbons (Fsp3) is 1.00. The first-order chi connectivity index (χ1) is 8.47. The van der Waals surface area contributed by atoms with Crippen LogP contribution in [0.2, 0.25) is 0 Å². The van der Waals surface area contributed by atoms with E-state index in [1.165, 1.54) is 51.4 Å². The Morgan fingerprint density at radius 1 is 0.889 bits per heavy atom. The minimum Gasteiger partial charge on any atom is -0.311 e. The molecule has 3 unspecified atom stereocenters. The maximum atomic E-state index is 3.93. The molecular formula is C17H33N. The van der Waals surface area contributed by atoms with E-state index >= 15 is 0 Å². The van der Waals surface area contributed by atoms with Crippen molar-refractivity contribution in [1.82, 2.24) is 5.32 Å². The maximum absolute atomic E-state index is 3.93. The molecule has 0 aromatic rings. The molecule has 0 amide bonds. The second-order valence-corrected chi connectivity index (χ2v) is 7.91. The molecule has 0 saturated heterocycles. The van der Waals surface area contributed by atoms with Gasteiger partial charge in [-0.2, -0.15) is 0 Å². The Morgan fingerprint density at radius 3 is 2.11 bits per heavy atom. The van der Waals surface area contributed by atoms with Crippen LogP contribution in [0.3, 0.4) is 0 Å². The molecule has 3 atom stereocenters. The van der Waals surface area contributed by atoms with Gasteiger partial charge in [-0.15, -0.1) is 0 Å². The Kier molecular flexibility index (Phi) is 4.75. The normalized spacial score (nSPS) is 32.7. The minimum absolute atomic E-state index is 0.508. The zero-order valence-electron chi connectivity index (χ0n) is 13.0. The Labute approximate surface area is 114 Å². The number of hydrogen-bond acceptors (Lipinski definition) is 1. The molecule has 0 radical (unpaired) electrons. The van der Waals surface area contributed by atoms with Crippen molar-refractivity contribution >= 4 is 0 Å². The molecule has 2 aliphatic carbocycles. The second kappa shape index (κ2) is 5.94. The van der Waals surface area contributed by atoms with Crippen molar-refractivity contribution in [2.45, 2.75) is 91.1 Å². The van der Waals surface area contributed by atoms with Crippen molar-refractivity contribution in [3.63, 3.8) is 0 Å². The van der Waals surface area contributed by atoms with E-state index in [2.05, 4.69) is 33.0 Å². The Bertz CT molecular complexity index is 249. The Hall–Kier alpha value is -0.0400. The summed E-state index contributed by atoms with van der Waals surface area (Å²) in [6.45, 7) is 9.67. The molecule has 0 aromatic heterocycles. The minimum atomic E-state index is 0.508. The summed E-state index contributed by atoms with van der Waals surface area (Å²) in [7, 11) is 0. The lowest BCUT2D eigenvalue weighted by atomic mass is 9.76. The SMILES string of the molecule is CC(NC1CCCC(C(C)(C)C)CC1)C1CCC1. The van der Waals surface area contributed by atoms with E-state index in [1.807, 2.05) is 0 Å². The van der Waals surface area contributed by atoms with Crippen LogP contribution in [-0.2, 0) is 0 Å². The van der Waals surface area contributed by atoms with Gasteiger partial charge in [0.2, 0.25) is 0 Å². The third kappa shape index (κ3) is 3.73. The first kappa shape index (κ1) is 14.4. The van der Waals surface area contributed by atoms with Crippen LogP contribution in [0.15, 0.2) is 0 Å². The lowest BCUT2D eigenvalue weighted by Crippen LogP contribution is -2.43. The molecule has 1 nitrogen and oxygen atoms in total. The predicted octanol–water partition coefficient (Wildman–Crippen LogP) is 4.76. The third-order valence-corrected chi connectivity index (χ3v) is 5.55. The van der Waals surface area contributed by atoms with Gasteiger partial charge in [-0.1, -0.05) is 33.6 Å². The van der Waals surface area contributed by atoms with Gasteiger partial charge in [0, 0.05) is 12.1 Å². The molecule has 0 heterocycles. The molecule has 0 bridgehead atoms. The van der Waals surface area contributed by atoms with Crippen LogP contribution in [0.4, 0.5) is 0 Å². The summed E-state index contributed by atoms with van der Waals surface area (Å²) >= 11 is 0. The monoisotopic (exact) mass is 251 g/mol. The van der Waals surface area contributed by atoms with Crippen LogP contribution < -0.4 is 5.32 Å². The average molecular weight is 251 g/mol. The number of rotatable bonds is 3. The zero-order chi connectivity index (χ0) is 13.2. The van der Waals surface area contributed by atoms with Gasteiger partial charge >= 0.3 is 0 Å². The molecular weight excluding hydrogens is 218 g/mol. The summed E-state index contributed by atoms with van der Waals surface area (Å²) in [4.78, 5) is 0. The van der Waals surface area contributed by atoms with Crippen molar-refractivity contribution in [1.29, 1.82) is 0 Å². The van der Waals surface area contributed by atoms with Gasteiger partial charge in [0.25, 0.3) is 0 Å². The molecule has 1 N–H and O–H groups in total. The molecule has 0 aromatic carbocycles. The molecule has 2 aliphatic rings. The standard InChI is InChI=1S/C17H33N/c1-13(14-7-5-8-14)18-16-10-6-9-15(11-12-16)17(2,3)4/h13-16,18H,5-12H2,1-4H3. The third-order valence-electron chi connectivity index (χ3n) is 5.55. The summed E-state index contributed by atoms with van der Waals surface area (Å²) in [5.74, 6) is 1.91. The zero-order valence-corrected chi connectivity index (χ0v) is 13.0. The Morgan fingerprint density at radius 2 is 1.56 bits per heavy atom. The lowest BCUT2D eigenvalue weighted by Gasteiger charge is -2.35. The van der Waals surface area contributed by atoms with Gasteiger partial charge in [0.05, 0.1) is 0 Å². The van der Waals surface area contributed by atoms with E-state index < -0.39 is 0 Å². The molecule has 18 heavy (non-hydrogen) atoms. The first-order valence-corrected chi connectivity index (χ1v) is 8.23. The molecule has 106 valence electrons. The van der Waals surface area contributed by atoms with Gasteiger partial charge < -0.3 is 5.32 Å². The molecule has 2 saturated carbocycles. The highest BCUT2D eigenvalue weighted by Gasteiger charge is 2.30. The van der Waals surface area contributed by atoms with Crippen molar-refractivity contribution < 1.29 is 0 Å². The van der Waals surface area contributed by atoms with Crippen molar-refractivity contribution in [2.75, 3.05) is 0 Å². The first-order valence-electron chi connectivity index (χ1n) is 8.23. The Balaban J connectivity index is 1.78. The molecule has 2 fully saturated rings. The van der Waals surface area contributed by atoms with Crippen molar-refractivity contribution in [3.05, 3.63) is 0 Å². The summed E-state index contributed by atoms with van der Waals surface area (Å²) in [6.07, 6.45) is 11.5. The topological polar surface area (TPSA) is 12.0 Å². The van der Waals surface area contributed by atoms with Crippen LogP contribution >= 0.6 is 0 Å². The number of nitrogens with one attached hydrogen (secondary N) is 1. The second-order valence-electron chi connectivity index (χ2n) is 7.91. The predicted molar refractivity (Wildman–Crippen MR) is 79.8 cm³/mol. The van der Waals surface area contributed by atoms with Gasteiger partial charge in [-0.05, 0) is 62.7 Å². The average Bonchev–Trinajstić information content (AvgIpc) is 2.39. The highest BCUT2D eigenvalue weighted by molar-refractivity contribution is 4.85. The summed E-state index contributed by atoms with van der Waals surface area (Å²) in [5, 5.41) is 3.93. The van der Waals surface area contributed by atoms with E-state index in [0.717, 1.165) is 23.9 Å². The highest BCUT2D eigenvalue weighted by atomic mass is 15.0. The van der Waals surface area contributed by atoms with E-state index in [-0.39, 0.29) is 0 Å². The molecule has 0 spiro atoms. The van der Waals surface area contributed by atoms with Gasteiger partial charge in [-0.3, -0.25) is 0 Å². The number of hydrogen-bond donors (Lipinski definition) is 1. The summed E-state index contributed by atoms with van der Waals surface area (Å²) < 4.78 is 0. The van der Waals surface area contributed by atoms with E-state index in [9.17, 15) is 0 Å². The van der Waals surface area contributed by atoms with Gasteiger partial charge in [0.15, 0.2) is 0 Å². The molecule has 2 rings (SSSR count). The van der Waals surface area contributed by atoms with Gasteiger partial charge in [-0.25, -0.2) is 0 Å². The largest absolute Gasteiger partial charge is 0.311 e. The quantitative estimate of drug-likeness (QED) is 0.713. The van der Waals surface area contributed by atoms with Crippen LogP contribution in [0.25, 0.3) is 0 Å². The van der Waals surface area contributed by atoms with E-state index in [1.54, 1.807) is 0 Å². The smallest absolute Gasteiger partial charge is 0.00697 e. The maximum Gasteiger partial charge on any atom is 0.00697 e. The van der Waals surface area contributed by atoms with Crippen molar-refractivity contribution in [3.8, 4) is 0 Å². The summed E-state index contributed by atoms with van der Waals surface area (Å²) in [5.41, 5.74) is 0.508.